The van der Waals surface area contributed by atoms with Crippen molar-refractivity contribution < 1.29 is 23.0 Å². The maximum Gasteiger partial charge on any atom is 0.418 e. The largest absolute Gasteiger partial charge is 0.503 e. The van der Waals surface area contributed by atoms with E-state index in [1.807, 2.05) is 0 Å². The molecule has 3 N–H and O–H groups in total. The van der Waals surface area contributed by atoms with Gasteiger partial charge in [-0.05, 0) is 58.0 Å². The topological polar surface area (TPSA) is 65.9 Å². The van der Waals surface area contributed by atoms with Crippen LogP contribution in [0, 0.1) is 0 Å². The lowest BCUT2D eigenvalue weighted by molar-refractivity contribution is -0.136. The molecule has 5 nitrogen and oxygen atoms in total. The summed E-state index contributed by atoms with van der Waals surface area (Å²) in [5, 5.41) is 15.9. The Morgan fingerprint density at radius 3 is 2.65 bits per heavy atom. The van der Waals surface area contributed by atoms with Crippen molar-refractivity contribution in [3.05, 3.63) is 52.0 Å². The number of alkyl halides is 3. The zero-order valence-corrected chi connectivity index (χ0v) is 15.7. The van der Waals surface area contributed by atoms with Crippen molar-refractivity contribution in [1.29, 1.82) is 0 Å². The molecule has 0 amide bonds. The molecule has 0 spiro atoms. The van der Waals surface area contributed by atoms with Crippen molar-refractivity contribution in [2.75, 3.05) is 12.4 Å². The van der Waals surface area contributed by atoms with Crippen LogP contribution in [-0.2, 0) is 6.18 Å². The molecule has 0 saturated carbocycles. The predicted octanol–water partition coefficient (Wildman–Crippen LogP) is 4.50. The first-order valence-electron chi connectivity index (χ1n) is 7.05. The van der Waals surface area contributed by atoms with E-state index in [9.17, 15) is 18.3 Å². The number of phenols is 1. The Morgan fingerprint density at radius 2 is 2.00 bits per heavy atom. The minimum absolute atomic E-state index is 0.0569. The molecular formula is C16H13BrF3N3O2S. The van der Waals surface area contributed by atoms with E-state index < -0.39 is 11.7 Å². The number of benzene rings is 2. The Kier molecular flexibility index (Phi) is 6.43. The van der Waals surface area contributed by atoms with Gasteiger partial charge in [0.25, 0.3) is 0 Å². The Hall–Kier alpha value is -2.33. The number of para-hydroxylation sites is 1. The number of ether oxygens (including phenoxy) is 1. The van der Waals surface area contributed by atoms with Crippen LogP contribution in [0.5, 0.6) is 11.5 Å². The molecule has 2 rings (SSSR count). The molecule has 2 aromatic rings. The number of aromatic hydroxyl groups is 1. The van der Waals surface area contributed by atoms with Gasteiger partial charge in [-0.25, -0.2) is 0 Å². The van der Waals surface area contributed by atoms with Crippen LogP contribution in [0.3, 0.4) is 0 Å². The second-order valence-electron chi connectivity index (χ2n) is 4.92. The first-order valence-corrected chi connectivity index (χ1v) is 8.25. The predicted molar refractivity (Wildman–Crippen MR) is 101 cm³/mol. The summed E-state index contributed by atoms with van der Waals surface area (Å²) in [4.78, 5) is 0. The molecule has 0 unspecified atom stereocenters. The van der Waals surface area contributed by atoms with Crippen LogP contribution in [0.15, 0.2) is 46.0 Å². The van der Waals surface area contributed by atoms with E-state index in [-0.39, 0.29) is 22.3 Å². The highest BCUT2D eigenvalue weighted by Gasteiger charge is 2.33. The molecule has 26 heavy (non-hydrogen) atoms. The van der Waals surface area contributed by atoms with Gasteiger partial charge in [0.1, 0.15) is 0 Å². The number of hydrogen-bond donors (Lipinski definition) is 3. The first kappa shape index (κ1) is 20.0. The Bertz CT molecular complexity index is 844. The molecule has 2 aromatic carbocycles. The molecule has 0 saturated heterocycles. The number of thiocarbonyl (C=S) groups is 1. The van der Waals surface area contributed by atoms with Gasteiger partial charge in [-0.2, -0.15) is 18.3 Å². The number of hydrogen-bond acceptors (Lipinski definition) is 4. The highest BCUT2D eigenvalue weighted by atomic mass is 79.9. The number of rotatable bonds is 4. The molecule has 0 aliphatic heterocycles. The van der Waals surface area contributed by atoms with Gasteiger partial charge >= 0.3 is 6.18 Å². The van der Waals surface area contributed by atoms with E-state index in [0.717, 1.165) is 6.07 Å². The Morgan fingerprint density at radius 1 is 1.31 bits per heavy atom. The zero-order valence-electron chi connectivity index (χ0n) is 13.3. The van der Waals surface area contributed by atoms with Gasteiger partial charge in [0, 0.05) is 0 Å². The molecular weight excluding hydrogens is 435 g/mol. The van der Waals surface area contributed by atoms with Crippen LogP contribution in [0.4, 0.5) is 18.9 Å². The van der Waals surface area contributed by atoms with Crippen LogP contribution in [0.25, 0.3) is 0 Å². The molecule has 0 fully saturated rings. The number of halogens is 4. The molecule has 0 bridgehead atoms. The van der Waals surface area contributed by atoms with Gasteiger partial charge in [0.15, 0.2) is 16.6 Å². The third-order valence-electron chi connectivity index (χ3n) is 3.13. The van der Waals surface area contributed by atoms with Crippen LogP contribution in [0.2, 0.25) is 0 Å². The smallest absolute Gasteiger partial charge is 0.418 e. The number of phenolic OH excluding ortho intramolecular Hbond substituents is 1. The quantitative estimate of drug-likeness (QED) is 0.365. The Balaban J connectivity index is 2.06. The van der Waals surface area contributed by atoms with Crippen molar-refractivity contribution >= 4 is 45.2 Å². The SMILES string of the molecule is COc1cc(/C=N/NC(=S)Nc2ccccc2C(F)(F)F)cc(Br)c1O. The van der Waals surface area contributed by atoms with Crippen molar-refractivity contribution in [3.63, 3.8) is 0 Å². The average molecular weight is 448 g/mol. The highest BCUT2D eigenvalue weighted by Crippen LogP contribution is 2.35. The standard InChI is InChI=1S/C16H13BrF3N3O2S/c1-25-13-7-9(6-11(17)14(13)24)8-21-23-15(26)22-12-5-3-2-4-10(12)16(18,19)20/h2-8,24H,1H3,(H2,22,23,26)/b21-8+. The lowest BCUT2D eigenvalue weighted by Gasteiger charge is -2.14. The fourth-order valence-corrected chi connectivity index (χ4v) is 2.60. The third-order valence-corrected chi connectivity index (χ3v) is 3.93. The second-order valence-corrected chi connectivity index (χ2v) is 6.18. The molecule has 0 atom stereocenters. The average Bonchev–Trinajstić information content (AvgIpc) is 2.57. The Labute approximate surface area is 161 Å². The van der Waals surface area contributed by atoms with Crippen molar-refractivity contribution in [1.82, 2.24) is 5.43 Å². The van der Waals surface area contributed by atoms with Crippen LogP contribution >= 0.6 is 28.1 Å². The maximum absolute atomic E-state index is 12.9. The van der Waals surface area contributed by atoms with E-state index in [0.29, 0.717) is 10.0 Å². The van der Waals surface area contributed by atoms with E-state index in [1.54, 1.807) is 6.07 Å². The van der Waals surface area contributed by atoms with Crippen molar-refractivity contribution in [3.8, 4) is 11.5 Å². The summed E-state index contributed by atoms with van der Waals surface area (Å²) in [5.41, 5.74) is 1.99. The third kappa shape index (κ3) is 5.09. The molecule has 0 heterocycles. The highest BCUT2D eigenvalue weighted by molar-refractivity contribution is 9.10. The molecule has 0 radical (unpaired) electrons. The van der Waals surface area contributed by atoms with Gasteiger partial charge in [-0.3, -0.25) is 5.43 Å². The summed E-state index contributed by atoms with van der Waals surface area (Å²) < 4.78 is 44.2. The summed E-state index contributed by atoms with van der Waals surface area (Å²) in [5.74, 6) is 0.180. The normalized spacial score (nSPS) is 11.4. The number of nitrogens with zero attached hydrogens (tertiary/aromatic N) is 1. The lowest BCUT2D eigenvalue weighted by atomic mass is 10.2. The van der Waals surface area contributed by atoms with Gasteiger partial charge < -0.3 is 15.2 Å². The molecule has 0 aliphatic carbocycles. The fraction of sp³-hybridized carbons (Fsp3) is 0.125. The van der Waals surface area contributed by atoms with Gasteiger partial charge in [0.05, 0.1) is 29.0 Å². The minimum atomic E-state index is -4.50. The summed E-state index contributed by atoms with van der Waals surface area (Å²) >= 11 is 8.12. The second kappa shape index (κ2) is 8.37. The summed E-state index contributed by atoms with van der Waals surface area (Å²) in [6, 6.07) is 8.08. The number of hydrazone groups is 1. The number of anilines is 1. The fourth-order valence-electron chi connectivity index (χ4n) is 1.98. The molecule has 0 aliphatic rings. The molecule has 10 heteroatoms. The van der Waals surface area contributed by atoms with E-state index in [1.165, 1.54) is 37.6 Å². The summed E-state index contributed by atoms with van der Waals surface area (Å²) in [6.45, 7) is 0. The number of nitrogens with one attached hydrogen (secondary N) is 2. The van der Waals surface area contributed by atoms with Gasteiger partial charge in [0.2, 0.25) is 0 Å². The lowest BCUT2D eigenvalue weighted by Crippen LogP contribution is -2.25. The van der Waals surface area contributed by atoms with Crippen LogP contribution < -0.4 is 15.5 Å². The van der Waals surface area contributed by atoms with Crippen molar-refractivity contribution in [2.24, 2.45) is 5.10 Å². The monoisotopic (exact) mass is 447 g/mol. The number of methoxy groups -OCH3 is 1. The minimum Gasteiger partial charge on any atom is -0.503 e. The summed E-state index contributed by atoms with van der Waals surface area (Å²) in [6.07, 6.45) is -3.13. The van der Waals surface area contributed by atoms with Crippen LogP contribution in [-0.4, -0.2) is 23.5 Å². The zero-order chi connectivity index (χ0) is 19.3. The molecule has 0 aromatic heterocycles. The van der Waals surface area contributed by atoms with E-state index >= 15 is 0 Å². The van der Waals surface area contributed by atoms with Crippen molar-refractivity contribution in [2.45, 2.75) is 6.18 Å². The van der Waals surface area contributed by atoms with Gasteiger partial charge in [-0.1, -0.05) is 12.1 Å². The molecule has 138 valence electrons. The maximum atomic E-state index is 12.9. The van der Waals surface area contributed by atoms with E-state index in [2.05, 4.69) is 31.8 Å². The van der Waals surface area contributed by atoms with E-state index in [4.69, 9.17) is 17.0 Å². The van der Waals surface area contributed by atoms with Gasteiger partial charge in [-0.15, -0.1) is 0 Å². The summed E-state index contributed by atoms with van der Waals surface area (Å²) in [7, 11) is 1.40. The van der Waals surface area contributed by atoms with Crippen LogP contribution in [0.1, 0.15) is 11.1 Å². The first-order chi connectivity index (χ1) is 12.2.